The molecule has 0 aliphatic carbocycles. The van der Waals surface area contributed by atoms with Gasteiger partial charge in [-0.15, -0.1) is 0 Å². The van der Waals surface area contributed by atoms with E-state index >= 15 is 0 Å². The maximum atomic E-state index is 13.5. The molecule has 0 spiro atoms. The van der Waals surface area contributed by atoms with E-state index in [-0.39, 0.29) is 30.7 Å². The molecule has 33 heavy (non-hydrogen) atoms. The van der Waals surface area contributed by atoms with Gasteiger partial charge in [0.15, 0.2) is 6.04 Å². The Morgan fingerprint density at radius 3 is 2.52 bits per heavy atom. The quantitative estimate of drug-likeness (QED) is 0.462. The third-order valence-corrected chi connectivity index (χ3v) is 6.63. The number of carbonyl (C=O) groups excluding carboxylic acids is 2. The van der Waals surface area contributed by atoms with Gasteiger partial charge in [0.25, 0.3) is 5.91 Å². The summed E-state index contributed by atoms with van der Waals surface area (Å²) in [5.74, 6) is -1.81. The molecule has 4 unspecified atom stereocenters. The summed E-state index contributed by atoms with van der Waals surface area (Å²) in [4.78, 5) is 28.9. The van der Waals surface area contributed by atoms with Crippen LogP contribution in [0.5, 0.6) is 0 Å². The molecule has 0 bridgehead atoms. The van der Waals surface area contributed by atoms with Gasteiger partial charge in [0.1, 0.15) is 19.9 Å². The predicted octanol–water partition coefficient (Wildman–Crippen LogP) is 4.32. The molecule has 4 atom stereocenters. The van der Waals surface area contributed by atoms with Crippen LogP contribution in [0.25, 0.3) is 0 Å². The van der Waals surface area contributed by atoms with Crippen LogP contribution in [0.3, 0.4) is 0 Å². The topological polar surface area (TPSA) is 52.9 Å². The average Bonchev–Trinajstić information content (AvgIpc) is 3.26. The number of alkyl halides is 3. The van der Waals surface area contributed by atoms with Crippen molar-refractivity contribution in [2.45, 2.75) is 70.8 Å². The number of halogens is 3. The first-order valence-corrected chi connectivity index (χ1v) is 11.4. The number of rotatable bonds is 6. The van der Waals surface area contributed by atoms with Crippen LogP contribution in [-0.2, 0) is 14.3 Å². The summed E-state index contributed by atoms with van der Waals surface area (Å²) in [5, 5.41) is 0. The van der Waals surface area contributed by atoms with E-state index in [1.807, 2.05) is 6.92 Å². The number of amides is 2. The molecule has 1 saturated heterocycles. The lowest BCUT2D eigenvalue weighted by molar-refractivity contribution is -0.540. The highest BCUT2D eigenvalue weighted by molar-refractivity contribution is 6.05. The van der Waals surface area contributed by atoms with E-state index in [9.17, 15) is 22.8 Å². The van der Waals surface area contributed by atoms with Crippen molar-refractivity contribution in [1.82, 2.24) is 0 Å². The van der Waals surface area contributed by atoms with Gasteiger partial charge in [0.2, 0.25) is 5.91 Å². The molecule has 0 radical (unpaired) electrons. The van der Waals surface area contributed by atoms with Crippen LogP contribution in [0.15, 0.2) is 18.2 Å². The minimum absolute atomic E-state index is 0.0297. The van der Waals surface area contributed by atoms with Gasteiger partial charge in [0, 0.05) is 32.1 Å². The zero-order valence-electron chi connectivity index (χ0n) is 19.7. The Labute approximate surface area is 193 Å². The smallest absolute Gasteiger partial charge is 0.368 e. The molecule has 2 heterocycles. The summed E-state index contributed by atoms with van der Waals surface area (Å²) in [7, 11) is 1.65. The fourth-order valence-electron chi connectivity index (χ4n) is 4.86. The highest BCUT2D eigenvalue weighted by Gasteiger charge is 2.42. The molecule has 0 aromatic heterocycles. The van der Waals surface area contributed by atoms with Crippen LogP contribution < -0.4 is 9.80 Å². The lowest BCUT2D eigenvalue weighted by atomic mass is 9.91. The van der Waals surface area contributed by atoms with E-state index in [1.165, 1.54) is 18.4 Å². The molecule has 0 saturated carbocycles. The van der Waals surface area contributed by atoms with Crippen molar-refractivity contribution >= 4 is 29.9 Å². The van der Waals surface area contributed by atoms with Gasteiger partial charge in [-0.3, -0.25) is 9.59 Å². The molecule has 9 heteroatoms. The van der Waals surface area contributed by atoms with Crippen molar-refractivity contribution in [2.24, 2.45) is 5.92 Å². The summed E-state index contributed by atoms with van der Waals surface area (Å²) in [6.07, 6.45) is -3.60. The Morgan fingerprint density at radius 2 is 2.00 bits per heavy atom. The van der Waals surface area contributed by atoms with Crippen molar-refractivity contribution < 1.29 is 32.1 Å². The average molecular weight is 469 g/mol. The fourth-order valence-corrected chi connectivity index (χ4v) is 4.86. The Balaban J connectivity index is 2.05. The zero-order valence-corrected chi connectivity index (χ0v) is 19.7. The molecular weight excluding hydrogens is 435 g/mol. The van der Waals surface area contributed by atoms with Gasteiger partial charge in [-0.25, -0.2) is 4.58 Å². The number of hydrogen-bond acceptors (Lipinski definition) is 3. The highest BCUT2D eigenvalue weighted by atomic mass is 19.4. The SMILES string of the molecule is C=[N+](C)C(CC(CC)C(F)(F)F)c1ccc2c(c1)N(C(=O)C1CCCO1)CC(C)N2C(C)=O. The summed E-state index contributed by atoms with van der Waals surface area (Å²) in [6, 6.07) is 4.35. The van der Waals surface area contributed by atoms with E-state index in [4.69, 9.17) is 4.74 Å². The molecule has 2 amide bonds. The Kier molecular flexibility index (Phi) is 7.51. The van der Waals surface area contributed by atoms with Crippen molar-refractivity contribution in [3.8, 4) is 0 Å². The lowest BCUT2D eigenvalue weighted by Crippen LogP contribution is -2.53. The second kappa shape index (κ2) is 9.83. The van der Waals surface area contributed by atoms with Crippen LogP contribution in [0, 0.1) is 5.92 Å². The number of ether oxygens (including phenoxy) is 1. The Hall–Kier alpha value is -2.42. The van der Waals surface area contributed by atoms with Gasteiger partial charge < -0.3 is 14.5 Å². The maximum Gasteiger partial charge on any atom is 0.392 e. The molecule has 1 fully saturated rings. The first kappa shape index (κ1) is 25.2. The van der Waals surface area contributed by atoms with Gasteiger partial charge in [0.05, 0.1) is 23.3 Å². The molecule has 3 rings (SSSR count). The molecular formula is C24H33F3N3O3+. The van der Waals surface area contributed by atoms with Crippen LogP contribution in [-0.4, -0.2) is 61.6 Å². The van der Waals surface area contributed by atoms with Crippen LogP contribution in [0.1, 0.15) is 58.1 Å². The van der Waals surface area contributed by atoms with Crippen LogP contribution in [0.4, 0.5) is 24.5 Å². The standard InChI is InChI=1S/C24H33F3N3O3/c1-6-18(24(25,26)27)13-20(28(4)5)17-9-10-19-21(12-17)29(14-15(2)30(19)16(3)31)23(32)22-8-7-11-33-22/h9-10,12,15,18,20,22H,4,6-8,11,13-14H2,1-3,5H3/q+1. The van der Waals surface area contributed by atoms with Crippen molar-refractivity contribution in [1.29, 1.82) is 0 Å². The Bertz CT molecular complexity index is 912. The first-order valence-electron chi connectivity index (χ1n) is 11.4. The number of hydrogen-bond donors (Lipinski definition) is 0. The third kappa shape index (κ3) is 5.23. The van der Waals surface area contributed by atoms with E-state index < -0.39 is 24.2 Å². The van der Waals surface area contributed by atoms with Crippen molar-refractivity contribution in [3.05, 3.63) is 23.8 Å². The second-order valence-corrected chi connectivity index (χ2v) is 9.09. The van der Waals surface area contributed by atoms with Gasteiger partial charge in [-0.05, 0) is 38.3 Å². The zero-order chi connectivity index (χ0) is 24.5. The number of fused-ring (bicyclic) bond motifs is 1. The molecule has 0 N–H and O–H groups in total. The third-order valence-electron chi connectivity index (χ3n) is 6.63. The minimum atomic E-state index is -4.31. The van der Waals surface area contributed by atoms with E-state index in [0.29, 0.717) is 36.5 Å². The summed E-state index contributed by atoms with van der Waals surface area (Å²) < 4.78 is 47.6. The second-order valence-electron chi connectivity index (χ2n) is 9.09. The molecule has 2 aliphatic heterocycles. The fraction of sp³-hybridized carbons (Fsp3) is 0.625. The maximum absolute atomic E-state index is 13.5. The predicted molar refractivity (Wildman–Crippen MR) is 121 cm³/mol. The highest BCUT2D eigenvalue weighted by Crippen LogP contribution is 2.42. The normalized spacial score (nSPS) is 22.6. The Morgan fingerprint density at radius 1 is 1.30 bits per heavy atom. The number of anilines is 2. The first-order chi connectivity index (χ1) is 15.5. The summed E-state index contributed by atoms with van der Waals surface area (Å²) >= 11 is 0. The van der Waals surface area contributed by atoms with Gasteiger partial charge >= 0.3 is 6.18 Å². The number of benzene rings is 1. The van der Waals surface area contributed by atoms with Crippen LogP contribution >= 0.6 is 0 Å². The molecule has 1 aromatic carbocycles. The lowest BCUT2D eigenvalue weighted by Gasteiger charge is -2.41. The van der Waals surface area contributed by atoms with E-state index in [1.54, 1.807) is 35.0 Å². The monoisotopic (exact) mass is 468 g/mol. The summed E-state index contributed by atoms with van der Waals surface area (Å²) in [5.41, 5.74) is 1.72. The molecule has 6 nitrogen and oxygen atoms in total. The van der Waals surface area contributed by atoms with E-state index in [2.05, 4.69) is 6.72 Å². The van der Waals surface area contributed by atoms with Crippen molar-refractivity contribution in [3.63, 3.8) is 0 Å². The van der Waals surface area contributed by atoms with E-state index in [0.717, 1.165) is 6.42 Å². The van der Waals surface area contributed by atoms with Gasteiger partial charge in [-0.2, -0.15) is 13.2 Å². The largest absolute Gasteiger partial charge is 0.392 e. The van der Waals surface area contributed by atoms with Gasteiger partial charge in [-0.1, -0.05) is 13.0 Å². The number of carbonyl (C=O) groups is 2. The molecule has 182 valence electrons. The number of nitrogens with zero attached hydrogens (tertiary/aromatic N) is 3. The molecule has 2 aliphatic rings. The summed E-state index contributed by atoms with van der Waals surface area (Å²) in [6.45, 7) is 9.55. The molecule has 1 aromatic rings. The minimum Gasteiger partial charge on any atom is -0.368 e. The van der Waals surface area contributed by atoms with Crippen molar-refractivity contribution in [2.75, 3.05) is 30.0 Å². The van der Waals surface area contributed by atoms with Crippen LogP contribution in [0.2, 0.25) is 0 Å².